The van der Waals surface area contributed by atoms with Crippen molar-refractivity contribution in [2.45, 2.75) is 78.4 Å². The zero-order valence-corrected chi connectivity index (χ0v) is 13.7. The molecular formula is C17H33NO2. The number of hydrogen-bond donors (Lipinski definition) is 0. The summed E-state index contributed by atoms with van der Waals surface area (Å²) in [5, 5.41) is 0. The average Bonchev–Trinajstić information content (AvgIpc) is 2.47. The summed E-state index contributed by atoms with van der Waals surface area (Å²) in [7, 11) is 0. The van der Waals surface area contributed by atoms with Crippen molar-refractivity contribution in [3.8, 4) is 0 Å². The van der Waals surface area contributed by atoms with Gasteiger partial charge in [0.1, 0.15) is 0 Å². The van der Waals surface area contributed by atoms with Crippen LogP contribution < -0.4 is 0 Å². The molecule has 0 saturated carbocycles. The van der Waals surface area contributed by atoms with Crippen molar-refractivity contribution < 1.29 is 9.53 Å². The Labute approximate surface area is 125 Å². The van der Waals surface area contributed by atoms with Gasteiger partial charge in [0.05, 0.1) is 0 Å². The van der Waals surface area contributed by atoms with E-state index in [9.17, 15) is 4.79 Å². The molecule has 1 atom stereocenters. The molecule has 20 heavy (non-hydrogen) atoms. The summed E-state index contributed by atoms with van der Waals surface area (Å²) in [5.74, 6) is -0.315. The summed E-state index contributed by atoms with van der Waals surface area (Å²) in [4.78, 5) is 13.6. The molecule has 0 aliphatic carbocycles. The van der Waals surface area contributed by atoms with Crippen molar-refractivity contribution in [3.05, 3.63) is 12.7 Å². The van der Waals surface area contributed by atoms with Gasteiger partial charge in [-0.25, -0.2) is 4.79 Å². The smallest absolute Gasteiger partial charge is 0.331 e. The number of carbonyl (C=O) groups excluding carboxylic acids is 1. The Morgan fingerprint density at radius 2 is 1.60 bits per heavy atom. The van der Waals surface area contributed by atoms with Gasteiger partial charge in [-0.15, -0.1) is 0 Å². The van der Waals surface area contributed by atoms with Crippen LogP contribution in [0.4, 0.5) is 0 Å². The van der Waals surface area contributed by atoms with E-state index in [1.54, 1.807) is 0 Å². The van der Waals surface area contributed by atoms with Crippen molar-refractivity contribution in [1.29, 1.82) is 0 Å². The molecule has 0 amide bonds. The van der Waals surface area contributed by atoms with E-state index >= 15 is 0 Å². The van der Waals surface area contributed by atoms with Crippen molar-refractivity contribution in [1.82, 2.24) is 4.90 Å². The molecule has 118 valence electrons. The van der Waals surface area contributed by atoms with E-state index in [-0.39, 0.29) is 12.2 Å². The molecule has 0 spiro atoms. The second kappa shape index (κ2) is 13.2. The standard InChI is InChI=1S/C17H33NO2/c1-5-9-10-11-12-13-14-15-16(18(7-3)8-4)20-17(19)6-2/h6,16H,2,5,7-15H2,1,3-4H3. The minimum atomic E-state index is -0.315. The minimum Gasteiger partial charge on any atom is -0.443 e. The van der Waals surface area contributed by atoms with Gasteiger partial charge in [0.15, 0.2) is 6.23 Å². The molecule has 0 fully saturated rings. The molecule has 3 heteroatoms. The number of rotatable bonds is 13. The molecule has 0 rings (SSSR count). The van der Waals surface area contributed by atoms with Crippen LogP contribution in [0.25, 0.3) is 0 Å². The Hall–Kier alpha value is -0.830. The fourth-order valence-electron chi connectivity index (χ4n) is 2.41. The molecule has 0 N–H and O–H groups in total. The van der Waals surface area contributed by atoms with E-state index < -0.39 is 0 Å². The first-order valence-corrected chi connectivity index (χ1v) is 8.26. The van der Waals surface area contributed by atoms with Gasteiger partial charge in [-0.3, -0.25) is 4.90 Å². The summed E-state index contributed by atoms with van der Waals surface area (Å²) in [5.41, 5.74) is 0. The zero-order chi connectivity index (χ0) is 15.2. The molecule has 0 aromatic carbocycles. The Morgan fingerprint density at radius 3 is 2.10 bits per heavy atom. The molecule has 3 nitrogen and oxygen atoms in total. The third-order valence-corrected chi connectivity index (χ3v) is 3.69. The minimum absolute atomic E-state index is 0.0915. The van der Waals surface area contributed by atoms with E-state index in [4.69, 9.17) is 4.74 Å². The summed E-state index contributed by atoms with van der Waals surface area (Å²) < 4.78 is 5.46. The van der Waals surface area contributed by atoms with E-state index in [0.29, 0.717) is 0 Å². The Bertz CT molecular complexity index is 249. The molecule has 0 aliphatic heterocycles. The van der Waals surface area contributed by atoms with Crippen LogP contribution in [0.1, 0.15) is 72.1 Å². The van der Waals surface area contributed by atoms with Crippen molar-refractivity contribution in [2.24, 2.45) is 0 Å². The number of ether oxygens (including phenoxy) is 1. The van der Waals surface area contributed by atoms with Crippen LogP contribution in [-0.4, -0.2) is 30.2 Å². The van der Waals surface area contributed by atoms with Crippen molar-refractivity contribution in [3.63, 3.8) is 0 Å². The summed E-state index contributed by atoms with van der Waals surface area (Å²) in [6.07, 6.45) is 11.0. The van der Waals surface area contributed by atoms with Gasteiger partial charge in [-0.2, -0.15) is 0 Å². The average molecular weight is 283 g/mol. The van der Waals surface area contributed by atoms with Gasteiger partial charge in [-0.05, 0) is 25.9 Å². The SMILES string of the molecule is C=CC(=O)OC(CCCCCCCCC)N(CC)CC. The first-order valence-electron chi connectivity index (χ1n) is 8.26. The van der Waals surface area contributed by atoms with E-state index in [0.717, 1.165) is 25.9 Å². The highest BCUT2D eigenvalue weighted by Crippen LogP contribution is 2.14. The van der Waals surface area contributed by atoms with Crippen molar-refractivity contribution >= 4 is 5.97 Å². The lowest BCUT2D eigenvalue weighted by Crippen LogP contribution is -2.38. The van der Waals surface area contributed by atoms with Crippen LogP contribution in [0.5, 0.6) is 0 Å². The number of nitrogens with zero attached hydrogens (tertiary/aromatic N) is 1. The molecule has 1 unspecified atom stereocenters. The predicted octanol–water partition coefficient (Wildman–Crippen LogP) is 4.52. The van der Waals surface area contributed by atoms with Crippen LogP contribution in [0.2, 0.25) is 0 Å². The zero-order valence-electron chi connectivity index (χ0n) is 13.7. The lowest BCUT2D eigenvalue weighted by atomic mass is 10.1. The topological polar surface area (TPSA) is 29.5 Å². The van der Waals surface area contributed by atoms with Gasteiger partial charge < -0.3 is 4.74 Å². The normalized spacial score (nSPS) is 12.4. The lowest BCUT2D eigenvalue weighted by Gasteiger charge is -2.28. The maximum Gasteiger partial charge on any atom is 0.331 e. The largest absolute Gasteiger partial charge is 0.443 e. The Kier molecular flexibility index (Phi) is 12.6. The van der Waals surface area contributed by atoms with Crippen molar-refractivity contribution in [2.75, 3.05) is 13.1 Å². The third-order valence-electron chi connectivity index (χ3n) is 3.69. The van der Waals surface area contributed by atoms with Gasteiger partial charge >= 0.3 is 5.97 Å². The number of hydrogen-bond acceptors (Lipinski definition) is 3. The predicted molar refractivity (Wildman–Crippen MR) is 85.6 cm³/mol. The summed E-state index contributed by atoms with van der Waals surface area (Å²) in [6.45, 7) is 11.7. The highest BCUT2D eigenvalue weighted by atomic mass is 16.6. The second-order valence-corrected chi connectivity index (χ2v) is 5.23. The number of unbranched alkanes of at least 4 members (excludes halogenated alkanes) is 6. The molecule has 0 heterocycles. The van der Waals surface area contributed by atoms with Crippen LogP contribution in [0.3, 0.4) is 0 Å². The molecule has 0 aromatic heterocycles. The van der Waals surface area contributed by atoms with Gasteiger partial charge in [0.2, 0.25) is 0 Å². The van der Waals surface area contributed by atoms with Crippen LogP contribution in [-0.2, 0) is 9.53 Å². The van der Waals surface area contributed by atoms with Crippen LogP contribution >= 0.6 is 0 Å². The van der Waals surface area contributed by atoms with Gasteiger partial charge in [0.25, 0.3) is 0 Å². The molecule has 0 aromatic rings. The second-order valence-electron chi connectivity index (χ2n) is 5.23. The molecular weight excluding hydrogens is 250 g/mol. The summed E-state index contributed by atoms with van der Waals surface area (Å²) >= 11 is 0. The molecule has 0 radical (unpaired) electrons. The first-order chi connectivity index (χ1) is 9.69. The van der Waals surface area contributed by atoms with Crippen LogP contribution in [0.15, 0.2) is 12.7 Å². The first kappa shape index (κ1) is 19.2. The quantitative estimate of drug-likeness (QED) is 0.215. The Balaban J connectivity index is 3.97. The third kappa shape index (κ3) is 9.13. The number of esters is 1. The maximum absolute atomic E-state index is 11.4. The monoisotopic (exact) mass is 283 g/mol. The lowest BCUT2D eigenvalue weighted by molar-refractivity contribution is -0.153. The van der Waals surface area contributed by atoms with E-state index in [1.807, 2.05) is 0 Å². The van der Waals surface area contributed by atoms with Crippen LogP contribution in [0, 0.1) is 0 Å². The molecule has 0 bridgehead atoms. The highest BCUT2D eigenvalue weighted by molar-refractivity contribution is 5.81. The summed E-state index contributed by atoms with van der Waals surface area (Å²) in [6, 6.07) is 0. The molecule has 0 aliphatic rings. The fourth-order valence-corrected chi connectivity index (χ4v) is 2.41. The Morgan fingerprint density at radius 1 is 1.05 bits per heavy atom. The molecule has 0 saturated heterocycles. The maximum atomic E-state index is 11.4. The van der Waals surface area contributed by atoms with E-state index in [2.05, 4.69) is 32.3 Å². The van der Waals surface area contributed by atoms with E-state index in [1.165, 1.54) is 44.6 Å². The number of carbonyl (C=O) groups is 1. The van der Waals surface area contributed by atoms with Gasteiger partial charge in [-0.1, -0.05) is 65.9 Å². The van der Waals surface area contributed by atoms with Gasteiger partial charge in [0, 0.05) is 6.08 Å². The fraction of sp³-hybridized carbons (Fsp3) is 0.824. The highest BCUT2D eigenvalue weighted by Gasteiger charge is 2.18.